The third kappa shape index (κ3) is 4.73. The van der Waals surface area contributed by atoms with E-state index in [0.717, 1.165) is 12.5 Å². The van der Waals surface area contributed by atoms with Gasteiger partial charge in [-0.1, -0.05) is 19.9 Å². The van der Waals surface area contributed by atoms with Gasteiger partial charge in [-0.3, -0.25) is 4.79 Å². The molecule has 0 saturated carbocycles. The van der Waals surface area contributed by atoms with Crippen LogP contribution in [0.2, 0.25) is 0 Å². The number of amides is 1. The Morgan fingerprint density at radius 3 is 2.68 bits per heavy atom. The van der Waals surface area contributed by atoms with E-state index in [0.29, 0.717) is 23.6 Å². The lowest BCUT2D eigenvalue weighted by Crippen LogP contribution is -2.12. The van der Waals surface area contributed by atoms with Crippen LogP contribution < -0.4 is 10.2 Å². The van der Waals surface area contributed by atoms with Crippen LogP contribution >= 0.6 is 0 Å². The van der Waals surface area contributed by atoms with Crippen molar-refractivity contribution in [3.63, 3.8) is 0 Å². The molecule has 1 aliphatic rings. The van der Waals surface area contributed by atoms with Crippen LogP contribution in [0.5, 0.6) is 0 Å². The zero-order valence-electron chi connectivity index (χ0n) is 17.1. The molecule has 1 aromatic carbocycles. The summed E-state index contributed by atoms with van der Waals surface area (Å²) < 4.78 is 46.5. The molecule has 8 heteroatoms. The zero-order chi connectivity index (χ0) is 22.2. The number of alkyl halides is 3. The number of nitrogens with one attached hydrogen (secondary N) is 1. The fraction of sp³-hybridized carbons (Fsp3) is 0.304. The monoisotopic (exact) mass is 429 g/mol. The predicted octanol–water partition coefficient (Wildman–Crippen LogP) is 5.85. The van der Waals surface area contributed by atoms with Gasteiger partial charge in [-0.2, -0.15) is 13.2 Å². The van der Waals surface area contributed by atoms with E-state index in [1.807, 2.05) is 0 Å². The van der Waals surface area contributed by atoms with Crippen molar-refractivity contribution in [3.05, 3.63) is 66.2 Å². The highest BCUT2D eigenvalue weighted by molar-refractivity contribution is 6.01. The van der Waals surface area contributed by atoms with Crippen LogP contribution in [0.4, 0.5) is 24.7 Å². The van der Waals surface area contributed by atoms with Gasteiger partial charge in [0, 0.05) is 24.5 Å². The lowest BCUT2D eigenvalue weighted by Gasteiger charge is -2.17. The van der Waals surface area contributed by atoms with E-state index in [-0.39, 0.29) is 23.3 Å². The van der Waals surface area contributed by atoms with E-state index in [1.54, 1.807) is 23.1 Å². The molecular formula is C23H22F3N3O2. The number of anilines is 2. The molecular weight excluding hydrogens is 407 g/mol. The number of furan rings is 1. The fourth-order valence-electron chi connectivity index (χ4n) is 3.68. The second-order valence-corrected chi connectivity index (χ2v) is 8.03. The Balaban J connectivity index is 1.61. The van der Waals surface area contributed by atoms with Crippen LogP contribution in [0.15, 0.2) is 59.3 Å². The van der Waals surface area contributed by atoms with Crippen molar-refractivity contribution >= 4 is 17.4 Å². The highest BCUT2D eigenvalue weighted by atomic mass is 19.4. The van der Waals surface area contributed by atoms with E-state index in [1.165, 1.54) is 30.7 Å². The van der Waals surface area contributed by atoms with Crippen molar-refractivity contribution in [1.29, 1.82) is 0 Å². The summed E-state index contributed by atoms with van der Waals surface area (Å²) >= 11 is 0. The van der Waals surface area contributed by atoms with E-state index < -0.39 is 17.6 Å². The van der Waals surface area contributed by atoms with Crippen LogP contribution in [0.3, 0.4) is 0 Å². The Morgan fingerprint density at radius 1 is 1.23 bits per heavy atom. The molecule has 3 aromatic rings. The van der Waals surface area contributed by atoms with Gasteiger partial charge in [-0.05, 0) is 59.9 Å². The molecule has 0 spiro atoms. The summed E-state index contributed by atoms with van der Waals surface area (Å²) in [5, 5.41) is 2.59. The van der Waals surface area contributed by atoms with Crippen molar-refractivity contribution in [2.24, 2.45) is 5.92 Å². The quantitative estimate of drug-likeness (QED) is 0.500. The number of hydrogen-bond donors (Lipinski definition) is 1. The second kappa shape index (κ2) is 8.09. The molecule has 5 nitrogen and oxygen atoms in total. The second-order valence-electron chi connectivity index (χ2n) is 8.03. The van der Waals surface area contributed by atoms with Crippen molar-refractivity contribution in [2.75, 3.05) is 16.8 Å². The first-order valence-corrected chi connectivity index (χ1v) is 10.0. The maximum atomic E-state index is 13.8. The van der Waals surface area contributed by atoms with Crippen molar-refractivity contribution in [3.8, 4) is 11.1 Å². The van der Waals surface area contributed by atoms with Gasteiger partial charge in [0.2, 0.25) is 0 Å². The number of nitrogens with zero attached hydrogens (tertiary/aromatic N) is 2. The minimum Gasteiger partial charge on any atom is -0.459 e. The number of carbonyl (C=O) groups is 1. The van der Waals surface area contributed by atoms with Gasteiger partial charge in [0.1, 0.15) is 5.82 Å². The molecule has 31 heavy (non-hydrogen) atoms. The van der Waals surface area contributed by atoms with Gasteiger partial charge >= 0.3 is 6.18 Å². The predicted molar refractivity (Wildman–Crippen MR) is 112 cm³/mol. The molecule has 0 bridgehead atoms. The van der Waals surface area contributed by atoms with Gasteiger partial charge in [-0.25, -0.2) is 4.98 Å². The minimum atomic E-state index is -4.47. The first-order valence-electron chi connectivity index (χ1n) is 10.0. The Hall–Kier alpha value is -3.29. The molecule has 0 radical (unpaired) electrons. The number of hydrogen-bond acceptors (Lipinski definition) is 4. The molecule has 162 valence electrons. The Bertz CT molecular complexity index is 1080. The summed E-state index contributed by atoms with van der Waals surface area (Å²) in [6.45, 7) is 4.77. The lowest BCUT2D eigenvalue weighted by atomic mass is 10.0. The van der Waals surface area contributed by atoms with Crippen LogP contribution in [-0.4, -0.2) is 23.5 Å². The first-order chi connectivity index (χ1) is 14.7. The molecule has 0 unspecified atom stereocenters. The molecule has 1 atom stereocenters. The number of carbonyl (C=O) groups excluding carboxylic acids is 1. The van der Waals surface area contributed by atoms with Crippen molar-refractivity contribution in [2.45, 2.75) is 32.5 Å². The van der Waals surface area contributed by atoms with Gasteiger partial charge in [0.05, 0.1) is 11.8 Å². The Morgan fingerprint density at radius 2 is 2.00 bits per heavy atom. The number of halogens is 3. The number of rotatable bonds is 6. The van der Waals surface area contributed by atoms with E-state index in [4.69, 9.17) is 4.42 Å². The number of pyridine rings is 1. The summed E-state index contributed by atoms with van der Waals surface area (Å²) in [7, 11) is 0. The van der Waals surface area contributed by atoms with Crippen LogP contribution in [-0.2, 0) is 6.18 Å². The van der Waals surface area contributed by atoms with Crippen LogP contribution in [0, 0.1) is 5.92 Å². The van der Waals surface area contributed by atoms with Gasteiger partial charge in [-0.15, -0.1) is 0 Å². The largest absolute Gasteiger partial charge is 0.459 e. The van der Waals surface area contributed by atoms with Gasteiger partial charge in [0.15, 0.2) is 5.76 Å². The molecule has 1 fully saturated rings. The summed E-state index contributed by atoms with van der Waals surface area (Å²) in [4.78, 5) is 18.0. The van der Waals surface area contributed by atoms with Crippen molar-refractivity contribution < 1.29 is 22.4 Å². The van der Waals surface area contributed by atoms with E-state index >= 15 is 0 Å². The average Bonchev–Trinajstić information content (AvgIpc) is 3.23. The highest BCUT2D eigenvalue weighted by Gasteiger charge is 2.42. The molecule has 1 aliphatic heterocycles. The van der Waals surface area contributed by atoms with E-state index in [9.17, 15) is 18.0 Å². The molecule has 3 heterocycles. The normalized spacial score (nSPS) is 15.9. The SMILES string of the molecule is CC(C)C[C@@H]1CN1c1ccc(-c2ccnc(NC(=O)c3ccco3)c2)cc1C(F)(F)F. The smallest absolute Gasteiger partial charge is 0.418 e. The Kier molecular flexibility index (Phi) is 5.47. The number of aromatic nitrogens is 1. The van der Waals surface area contributed by atoms with Crippen LogP contribution in [0.1, 0.15) is 36.4 Å². The molecule has 4 rings (SSSR count). The maximum Gasteiger partial charge on any atom is 0.418 e. The minimum absolute atomic E-state index is 0.116. The third-order valence-corrected chi connectivity index (χ3v) is 5.15. The summed E-state index contributed by atoms with van der Waals surface area (Å²) in [5.41, 5.74) is 0.470. The molecule has 2 aromatic heterocycles. The average molecular weight is 429 g/mol. The summed E-state index contributed by atoms with van der Waals surface area (Å²) in [5.74, 6) is 0.277. The van der Waals surface area contributed by atoms with Gasteiger partial charge in [0.25, 0.3) is 5.91 Å². The van der Waals surface area contributed by atoms with Crippen molar-refractivity contribution in [1.82, 2.24) is 4.98 Å². The van der Waals surface area contributed by atoms with Crippen LogP contribution in [0.25, 0.3) is 11.1 Å². The zero-order valence-corrected chi connectivity index (χ0v) is 17.1. The van der Waals surface area contributed by atoms with Gasteiger partial charge < -0.3 is 14.6 Å². The van der Waals surface area contributed by atoms with E-state index in [2.05, 4.69) is 24.1 Å². The third-order valence-electron chi connectivity index (χ3n) is 5.15. The standard InChI is InChI=1S/C23H22F3N3O2/c1-14(2)10-17-13-29(17)19-6-5-15(11-18(19)23(24,25)26)16-7-8-27-21(12-16)28-22(30)20-4-3-9-31-20/h3-9,11-12,14,17H,10,13H2,1-2H3,(H,27,28,30)/t17-,29?/m1/s1. The summed E-state index contributed by atoms with van der Waals surface area (Å²) in [6.07, 6.45) is -0.792. The fourth-order valence-corrected chi connectivity index (χ4v) is 3.68. The first kappa shape index (κ1) is 21.0. The topological polar surface area (TPSA) is 58.1 Å². The molecule has 1 saturated heterocycles. The summed E-state index contributed by atoms with van der Waals surface area (Å²) in [6, 6.07) is 10.7. The number of benzene rings is 1. The highest BCUT2D eigenvalue weighted by Crippen LogP contribution is 2.43. The molecule has 1 amide bonds. The maximum absolute atomic E-state index is 13.8. The molecule has 0 aliphatic carbocycles. The Labute approximate surface area is 177 Å². The lowest BCUT2D eigenvalue weighted by molar-refractivity contribution is -0.137. The molecule has 1 N–H and O–H groups in total.